The van der Waals surface area contributed by atoms with Gasteiger partial charge in [0.25, 0.3) is 0 Å². The molecule has 0 heterocycles. The second-order valence-corrected chi connectivity index (χ2v) is 6.44. The molecular formula is C18H29NO3. The van der Waals surface area contributed by atoms with E-state index in [4.69, 9.17) is 14.2 Å². The lowest BCUT2D eigenvalue weighted by molar-refractivity contribution is -0.0365. The Morgan fingerprint density at radius 2 is 1.59 bits per heavy atom. The summed E-state index contributed by atoms with van der Waals surface area (Å²) in [7, 11) is 3.33. The minimum Gasteiger partial charge on any atom is -0.497 e. The lowest BCUT2D eigenvalue weighted by Crippen LogP contribution is -2.36. The molecule has 1 aliphatic rings. The van der Waals surface area contributed by atoms with E-state index in [-0.39, 0.29) is 0 Å². The molecule has 1 saturated carbocycles. The summed E-state index contributed by atoms with van der Waals surface area (Å²) in [6.07, 6.45) is 6.55. The Bertz CT molecular complexity index is 445. The summed E-state index contributed by atoms with van der Waals surface area (Å²) in [6.45, 7) is 4.71. The number of methoxy groups -OCH3 is 2. The molecule has 1 aliphatic carbocycles. The molecule has 2 rings (SSSR count). The Hall–Kier alpha value is -1.26. The normalized spacial score (nSPS) is 16.5. The summed E-state index contributed by atoms with van der Waals surface area (Å²) in [6, 6.07) is 6.48. The first kappa shape index (κ1) is 17.1. The van der Waals surface area contributed by atoms with Crippen LogP contribution in [0.4, 0.5) is 0 Å². The third kappa shape index (κ3) is 4.62. The van der Waals surface area contributed by atoms with Crippen molar-refractivity contribution in [2.45, 2.75) is 57.6 Å². The highest BCUT2D eigenvalue weighted by Gasteiger charge is 2.23. The standard InChI is InChI=1S/C18H29NO3/c1-18(2,22-13-19-15-8-6-5-7-9-15)14-10-16(20-3)12-17(11-14)21-4/h10-12,15,19H,5-9,13H2,1-4H3. The van der Waals surface area contributed by atoms with Crippen LogP contribution in [0.5, 0.6) is 11.5 Å². The summed E-state index contributed by atoms with van der Waals surface area (Å²) in [5, 5.41) is 3.52. The lowest BCUT2D eigenvalue weighted by Gasteiger charge is -2.29. The Morgan fingerprint density at radius 1 is 1.00 bits per heavy atom. The van der Waals surface area contributed by atoms with Crippen molar-refractivity contribution in [3.8, 4) is 11.5 Å². The smallest absolute Gasteiger partial charge is 0.122 e. The predicted octanol–water partition coefficient (Wildman–Crippen LogP) is 3.84. The van der Waals surface area contributed by atoms with Gasteiger partial charge in [-0.1, -0.05) is 19.3 Å². The molecule has 0 aromatic heterocycles. The third-order valence-corrected chi connectivity index (χ3v) is 4.46. The summed E-state index contributed by atoms with van der Waals surface area (Å²) in [4.78, 5) is 0. The van der Waals surface area contributed by atoms with E-state index in [0.29, 0.717) is 12.8 Å². The fraction of sp³-hybridized carbons (Fsp3) is 0.667. The predicted molar refractivity (Wildman–Crippen MR) is 88.5 cm³/mol. The molecule has 4 nitrogen and oxygen atoms in total. The molecule has 0 saturated heterocycles. The van der Waals surface area contributed by atoms with Crippen LogP contribution in [-0.2, 0) is 10.3 Å². The van der Waals surface area contributed by atoms with Gasteiger partial charge in [0.05, 0.1) is 26.6 Å². The van der Waals surface area contributed by atoms with Crippen LogP contribution in [0.3, 0.4) is 0 Å². The van der Waals surface area contributed by atoms with E-state index in [9.17, 15) is 0 Å². The van der Waals surface area contributed by atoms with Crippen LogP contribution >= 0.6 is 0 Å². The van der Waals surface area contributed by atoms with Gasteiger partial charge in [-0.05, 0) is 44.4 Å². The first-order chi connectivity index (χ1) is 10.5. The summed E-state index contributed by atoms with van der Waals surface area (Å²) in [5.74, 6) is 1.57. The van der Waals surface area contributed by atoms with Crippen LogP contribution in [0.2, 0.25) is 0 Å². The van der Waals surface area contributed by atoms with Gasteiger partial charge in [-0.3, -0.25) is 5.32 Å². The Labute approximate surface area is 134 Å². The van der Waals surface area contributed by atoms with Gasteiger partial charge in [-0.25, -0.2) is 0 Å². The fourth-order valence-electron chi connectivity index (χ4n) is 2.89. The molecule has 1 aromatic rings. The molecule has 124 valence electrons. The van der Waals surface area contributed by atoms with Gasteiger partial charge in [0.2, 0.25) is 0 Å². The maximum atomic E-state index is 6.10. The van der Waals surface area contributed by atoms with E-state index in [0.717, 1.165) is 17.1 Å². The number of hydrogen-bond donors (Lipinski definition) is 1. The number of ether oxygens (including phenoxy) is 3. The molecule has 1 fully saturated rings. The molecule has 0 bridgehead atoms. The zero-order chi connectivity index (χ0) is 16.0. The number of rotatable bonds is 7. The van der Waals surface area contributed by atoms with Crippen molar-refractivity contribution in [3.63, 3.8) is 0 Å². The van der Waals surface area contributed by atoms with Gasteiger partial charge in [-0.2, -0.15) is 0 Å². The van der Waals surface area contributed by atoms with E-state index in [1.54, 1.807) is 14.2 Å². The van der Waals surface area contributed by atoms with Gasteiger partial charge in [-0.15, -0.1) is 0 Å². The van der Waals surface area contributed by atoms with Crippen molar-refractivity contribution in [2.75, 3.05) is 21.0 Å². The van der Waals surface area contributed by atoms with Crippen LogP contribution in [0.1, 0.15) is 51.5 Å². The van der Waals surface area contributed by atoms with Crippen LogP contribution in [0.25, 0.3) is 0 Å². The van der Waals surface area contributed by atoms with E-state index in [1.807, 2.05) is 18.2 Å². The van der Waals surface area contributed by atoms with Gasteiger partial charge < -0.3 is 14.2 Å². The van der Waals surface area contributed by atoms with Crippen LogP contribution in [0.15, 0.2) is 18.2 Å². The van der Waals surface area contributed by atoms with Crippen molar-refractivity contribution < 1.29 is 14.2 Å². The summed E-state index contributed by atoms with van der Waals surface area (Å²) < 4.78 is 16.8. The zero-order valence-corrected chi connectivity index (χ0v) is 14.3. The third-order valence-electron chi connectivity index (χ3n) is 4.46. The van der Waals surface area contributed by atoms with Crippen molar-refractivity contribution >= 4 is 0 Å². The molecular weight excluding hydrogens is 278 g/mol. The van der Waals surface area contributed by atoms with E-state index >= 15 is 0 Å². The van der Waals surface area contributed by atoms with Crippen molar-refractivity contribution in [2.24, 2.45) is 0 Å². The van der Waals surface area contributed by atoms with Crippen molar-refractivity contribution in [1.29, 1.82) is 0 Å². The zero-order valence-electron chi connectivity index (χ0n) is 14.3. The molecule has 0 spiro atoms. The summed E-state index contributed by atoms with van der Waals surface area (Å²) >= 11 is 0. The molecule has 0 radical (unpaired) electrons. The first-order valence-electron chi connectivity index (χ1n) is 8.16. The van der Waals surface area contributed by atoms with E-state index in [1.165, 1.54) is 32.1 Å². The number of nitrogens with one attached hydrogen (secondary N) is 1. The SMILES string of the molecule is COc1cc(OC)cc(C(C)(C)OCNC2CCCCC2)c1. The second kappa shape index (κ2) is 7.84. The molecule has 1 N–H and O–H groups in total. The molecule has 1 aromatic carbocycles. The molecule has 4 heteroatoms. The quantitative estimate of drug-likeness (QED) is 0.777. The first-order valence-corrected chi connectivity index (χ1v) is 8.16. The Balaban J connectivity index is 1.96. The lowest BCUT2D eigenvalue weighted by atomic mass is 9.96. The Morgan fingerprint density at radius 3 is 2.14 bits per heavy atom. The van der Waals surface area contributed by atoms with Crippen molar-refractivity contribution in [1.82, 2.24) is 5.32 Å². The van der Waals surface area contributed by atoms with Crippen LogP contribution in [-0.4, -0.2) is 27.0 Å². The summed E-state index contributed by atoms with van der Waals surface area (Å²) in [5.41, 5.74) is 0.651. The van der Waals surface area contributed by atoms with Crippen LogP contribution in [0, 0.1) is 0 Å². The van der Waals surface area contributed by atoms with Gasteiger partial charge in [0, 0.05) is 12.1 Å². The Kier molecular flexibility index (Phi) is 6.09. The highest BCUT2D eigenvalue weighted by Crippen LogP contribution is 2.32. The van der Waals surface area contributed by atoms with Gasteiger partial charge >= 0.3 is 0 Å². The number of benzene rings is 1. The topological polar surface area (TPSA) is 39.7 Å². The number of hydrogen-bond acceptors (Lipinski definition) is 4. The van der Waals surface area contributed by atoms with Gasteiger partial charge in [0.15, 0.2) is 0 Å². The monoisotopic (exact) mass is 307 g/mol. The molecule has 0 aliphatic heterocycles. The van der Waals surface area contributed by atoms with Crippen LogP contribution < -0.4 is 14.8 Å². The van der Waals surface area contributed by atoms with Crippen molar-refractivity contribution in [3.05, 3.63) is 23.8 Å². The maximum Gasteiger partial charge on any atom is 0.122 e. The molecule has 0 amide bonds. The minimum atomic E-state index is -0.399. The minimum absolute atomic E-state index is 0.399. The highest BCUT2D eigenvalue weighted by molar-refractivity contribution is 5.40. The fourth-order valence-corrected chi connectivity index (χ4v) is 2.89. The highest BCUT2D eigenvalue weighted by atomic mass is 16.5. The van der Waals surface area contributed by atoms with Gasteiger partial charge in [0.1, 0.15) is 11.5 Å². The molecule has 0 unspecified atom stereocenters. The largest absolute Gasteiger partial charge is 0.497 e. The molecule has 22 heavy (non-hydrogen) atoms. The average Bonchev–Trinajstić information content (AvgIpc) is 2.55. The second-order valence-electron chi connectivity index (χ2n) is 6.44. The van der Waals surface area contributed by atoms with E-state index < -0.39 is 5.60 Å². The maximum absolute atomic E-state index is 6.10. The molecule has 0 atom stereocenters. The average molecular weight is 307 g/mol. The van der Waals surface area contributed by atoms with E-state index in [2.05, 4.69) is 19.2 Å².